The van der Waals surface area contributed by atoms with E-state index in [0.29, 0.717) is 11.1 Å². The average molecular weight is 248 g/mol. The highest BCUT2D eigenvalue weighted by molar-refractivity contribution is 6.53. The lowest BCUT2D eigenvalue weighted by atomic mass is 9.95. The van der Waals surface area contributed by atoms with E-state index in [4.69, 9.17) is 34.8 Å². The Labute approximate surface area is 96.3 Å². The molecule has 0 radical (unpaired) electrons. The Morgan fingerprint density at radius 1 is 1.14 bits per heavy atom. The first-order chi connectivity index (χ1) is 6.63. The number of hydrogen-bond acceptors (Lipinski definition) is 1. The summed E-state index contributed by atoms with van der Waals surface area (Å²) >= 11 is 17.6. The molecule has 14 heavy (non-hydrogen) atoms. The van der Waals surface area contributed by atoms with Crippen LogP contribution in [-0.4, -0.2) is 5.78 Å². The van der Waals surface area contributed by atoms with Crippen molar-refractivity contribution in [3.05, 3.63) is 45.5 Å². The highest BCUT2D eigenvalue weighted by Gasteiger charge is 2.29. The molecular formula is C10H5Cl3O. The van der Waals surface area contributed by atoms with Gasteiger partial charge in [0.15, 0.2) is 0 Å². The molecular weight excluding hydrogens is 242 g/mol. The van der Waals surface area contributed by atoms with Crippen LogP contribution in [0.5, 0.6) is 0 Å². The average Bonchev–Trinajstić information content (AvgIpc) is 2.23. The molecule has 0 aromatic heterocycles. The monoisotopic (exact) mass is 246 g/mol. The van der Waals surface area contributed by atoms with Crippen molar-refractivity contribution < 1.29 is 4.79 Å². The maximum absolute atomic E-state index is 11.6. The van der Waals surface area contributed by atoms with Gasteiger partial charge < -0.3 is 0 Å². The molecule has 0 fully saturated rings. The van der Waals surface area contributed by atoms with Crippen molar-refractivity contribution in [2.75, 3.05) is 0 Å². The zero-order valence-electron chi connectivity index (χ0n) is 6.93. The van der Waals surface area contributed by atoms with Crippen molar-refractivity contribution in [1.82, 2.24) is 0 Å². The van der Waals surface area contributed by atoms with Crippen molar-refractivity contribution in [2.24, 2.45) is 0 Å². The first-order valence-electron chi connectivity index (χ1n) is 3.96. The standard InChI is InChI=1S/C10H5Cl3O/c11-7-5-3-1-2-4-6(5)10(14)9(13)8(7)12/h1-4,7H/t7-/m0/s1. The normalized spacial score (nSPS) is 21.1. The number of benzene rings is 1. The molecule has 0 saturated carbocycles. The Bertz CT molecular complexity index is 437. The number of allylic oxidation sites excluding steroid dienone is 2. The third kappa shape index (κ3) is 1.36. The summed E-state index contributed by atoms with van der Waals surface area (Å²) in [7, 11) is 0. The van der Waals surface area contributed by atoms with Gasteiger partial charge in [-0.1, -0.05) is 47.5 Å². The lowest BCUT2D eigenvalue weighted by molar-refractivity contribution is 0.103. The molecule has 0 spiro atoms. The van der Waals surface area contributed by atoms with E-state index in [2.05, 4.69) is 0 Å². The molecule has 0 N–H and O–H groups in total. The van der Waals surface area contributed by atoms with Crippen molar-refractivity contribution >= 4 is 40.6 Å². The Balaban J connectivity index is 2.67. The minimum atomic E-state index is -0.516. The second-order valence-electron chi connectivity index (χ2n) is 2.94. The van der Waals surface area contributed by atoms with Gasteiger partial charge in [-0.2, -0.15) is 0 Å². The molecule has 2 rings (SSSR count). The number of fused-ring (bicyclic) bond motifs is 1. The van der Waals surface area contributed by atoms with Crippen LogP contribution in [-0.2, 0) is 0 Å². The summed E-state index contributed by atoms with van der Waals surface area (Å²) in [4.78, 5) is 11.6. The van der Waals surface area contributed by atoms with Crippen molar-refractivity contribution in [2.45, 2.75) is 5.38 Å². The largest absolute Gasteiger partial charge is 0.288 e. The van der Waals surface area contributed by atoms with Gasteiger partial charge in [0.25, 0.3) is 0 Å². The van der Waals surface area contributed by atoms with E-state index in [0.717, 1.165) is 0 Å². The van der Waals surface area contributed by atoms with Gasteiger partial charge in [-0.15, -0.1) is 11.6 Å². The lowest BCUT2D eigenvalue weighted by Crippen LogP contribution is -2.13. The van der Waals surface area contributed by atoms with E-state index in [1.54, 1.807) is 18.2 Å². The van der Waals surface area contributed by atoms with Crippen LogP contribution >= 0.6 is 34.8 Å². The molecule has 1 aromatic carbocycles. The molecule has 0 aliphatic heterocycles. The van der Waals surface area contributed by atoms with Gasteiger partial charge in [-0.3, -0.25) is 4.79 Å². The SMILES string of the molecule is O=C1C(Cl)=C(Cl)[C@@H](Cl)c2ccccc21. The van der Waals surface area contributed by atoms with E-state index in [1.165, 1.54) is 0 Å². The summed E-state index contributed by atoms with van der Waals surface area (Å²) in [5.74, 6) is -0.260. The summed E-state index contributed by atoms with van der Waals surface area (Å²) < 4.78 is 0. The van der Waals surface area contributed by atoms with Crippen molar-refractivity contribution in [1.29, 1.82) is 0 Å². The predicted octanol–water partition coefficient (Wildman–Crippen LogP) is 3.85. The number of halogens is 3. The first kappa shape index (κ1) is 10.0. The molecule has 1 aromatic rings. The van der Waals surface area contributed by atoms with Crippen LogP contribution in [0.3, 0.4) is 0 Å². The molecule has 0 unspecified atom stereocenters. The summed E-state index contributed by atoms with van der Waals surface area (Å²) in [5.41, 5.74) is 1.25. The van der Waals surface area contributed by atoms with E-state index < -0.39 is 5.38 Å². The van der Waals surface area contributed by atoms with Gasteiger partial charge in [0, 0.05) is 5.56 Å². The fourth-order valence-corrected chi connectivity index (χ4v) is 2.17. The minimum absolute atomic E-state index is 0.0189. The maximum Gasteiger partial charge on any atom is 0.205 e. The zero-order valence-corrected chi connectivity index (χ0v) is 9.20. The van der Waals surface area contributed by atoms with E-state index >= 15 is 0 Å². The van der Waals surface area contributed by atoms with E-state index in [-0.39, 0.29) is 15.8 Å². The number of carbonyl (C=O) groups is 1. The molecule has 1 aliphatic rings. The maximum atomic E-state index is 11.6. The molecule has 1 atom stereocenters. The van der Waals surface area contributed by atoms with Crippen LogP contribution in [0, 0.1) is 0 Å². The van der Waals surface area contributed by atoms with E-state index in [1.807, 2.05) is 6.07 Å². The highest BCUT2D eigenvalue weighted by atomic mass is 35.5. The molecule has 0 saturated heterocycles. The first-order valence-corrected chi connectivity index (χ1v) is 5.15. The van der Waals surface area contributed by atoms with Gasteiger partial charge >= 0.3 is 0 Å². The fourth-order valence-electron chi connectivity index (χ4n) is 1.40. The summed E-state index contributed by atoms with van der Waals surface area (Å²) in [6, 6.07) is 7.05. The Morgan fingerprint density at radius 3 is 2.50 bits per heavy atom. The molecule has 0 amide bonds. The van der Waals surface area contributed by atoms with Crippen LogP contribution in [0.1, 0.15) is 21.3 Å². The zero-order chi connectivity index (χ0) is 10.3. The van der Waals surface area contributed by atoms with Crippen LogP contribution in [0.4, 0.5) is 0 Å². The number of ketones is 1. The Hall–Kier alpha value is -0.500. The predicted molar refractivity (Wildman–Crippen MR) is 58.1 cm³/mol. The Morgan fingerprint density at radius 2 is 1.79 bits per heavy atom. The van der Waals surface area contributed by atoms with E-state index in [9.17, 15) is 4.79 Å². The topological polar surface area (TPSA) is 17.1 Å². The molecule has 0 bridgehead atoms. The van der Waals surface area contributed by atoms with Crippen LogP contribution in [0.15, 0.2) is 34.3 Å². The van der Waals surface area contributed by atoms with Gasteiger partial charge in [0.05, 0.1) is 10.4 Å². The quantitative estimate of drug-likeness (QED) is 0.636. The molecule has 72 valence electrons. The summed E-state index contributed by atoms with van der Waals surface area (Å²) in [6.45, 7) is 0. The highest BCUT2D eigenvalue weighted by Crippen LogP contribution is 2.41. The van der Waals surface area contributed by atoms with Crippen molar-refractivity contribution in [3.63, 3.8) is 0 Å². The van der Waals surface area contributed by atoms with Gasteiger partial charge in [-0.05, 0) is 5.56 Å². The van der Waals surface area contributed by atoms with Crippen LogP contribution in [0.25, 0.3) is 0 Å². The lowest BCUT2D eigenvalue weighted by Gasteiger charge is -2.19. The number of alkyl halides is 1. The second-order valence-corrected chi connectivity index (χ2v) is 4.16. The molecule has 1 aliphatic carbocycles. The Kier molecular flexibility index (Phi) is 2.56. The van der Waals surface area contributed by atoms with Gasteiger partial charge in [0.2, 0.25) is 5.78 Å². The number of Topliss-reactive ketones (excluding diaryl/α,β-unsaturated/α-hetero) is 1. The third-order valence-corrected chi connectivity index (χ3v) is 3.55. The summed E-state index contributed by atoms with van der Waals surface area (Å²) in [6.07, 6.45) is 0. The summed E-state index contributed by atoms with van der Waals surface area (Å²) in [5, 5.41) is -0.291. The number of hydrogen-bond donors (Lipinski definition) is 0. The molecule has 4 heteroatoms. The van der Waals surface area contributed by atoms with Crippen molar-refractivity contribution in [3.8, 4) is 0 Å². The number of rotatable bonds is 0. The fraction of sp³-hybridized carbons (Fsp3) is 0.100. The number of carbonyl (C=O) groups excluding carboxylic acids is 1. The van der Waals surface area contributed by atoms with Gasteiger partial charge in [0.1, 0.15) is 5.03 Å². The second kappa shape index (κ2) is 3.58. The smallest absolute Gasteiger partial charge is 0.205 e. The molecule has 0 heterocycles. The third-order valence-electron chi connectivity index (χ3n) is 2.11. The minimum Gasteiger partial charge on any atom is -0.288 e. The van der Waals surface area contributed by atoms with Gasteiger partial charge in [-0.25, -0.2) is 0 Å². The molecule has 1 nitrogen and oxygen atoms in total. The van der Waals surface area contributed by atoms with Crippen LogP contribution < -0.4 is 0 Å². The van der Waals surface area contributed by atoms with Crippen LogP contribution in [0.2, 0.25) is 0 Å².